The third-order valence-electron chi connectivity index (χ3n) is 3.49. The van der Waals surface area contributed by atoms with E-state index in [-0.39, 0.29) is 17.6 Å². The molecule has 4 N–H and O–H groups in total. The van der Waals surface area contributed by atoms with E-state index in [0.717, 1.165) is 0 Å². The molecule has 0 aliphatic carbocycles. The number of nitrogens with zero attached hydrogens (tertiary/aromatic N) is 2. The van der Waals surface area contributed by atoms with Crippen molar-refractivity contribution < 1.29 is 14.8 Å². The summed E-state index contributed by atoms with van der Waals surface area (Å²) >= 11 is 0. The Morgan fingerprint density at radius 1 is 1.52 bits per heavy atom. The molecule has 0 spiro atoms. The van der Waals surface area contributed by atoms with Crippen LogP contribution in [-0.2, 0) is 4.79 Å². The van der Waals surface area contributed by atoms with Gasteiger partial charge < -0.3 is 21.2 Å². The van der Waals surface area contributed by atoms with Gasteiger partial charge in [-0.05, 0) is 18.6 Å². The molecule has 21 heavy (non-hydrogen) atoms. The fraction of sp³-hybridized carbons (Fsp3) is 0.357. The van der Waals surface area contributed by atoms with Gasteiger partial charge in [-0.1, -0.05) is 24.2 Å². The van der Waals surface area contributed by atoms with Crippen molar-refractivity contribution >= 4 is 17.6 Å². The number of rotatable bonds is 3. The third kappa shape index (κ3) is 2.96. The van der Waals surface area contributed by atoms with E-state index in [0.29, 0.717) is 30.6 Å². The minimum absolute atomic E-state index is 0.0620. The molecule has 1 fully saturated rings. The second kappa shape index (κ2) is 6.25. The van der Waals surface area contributed by atoms with Gasteiger partial charge in [-0.15, -0.1) is 0 Å². The Hall–Kier alpha value is -2.57. The molecule has 7 nitrogen and oxygen atoms in total. The summed E-state index contributed by atoms with van der Waals surface area (Å²) in [6.45, 7) is 2.78. The van der Waals surface area contributed by atoms with E-state index in [1.807, 2.05) is 6.92 Å². The van der Waals surface area contributed by atoms with Gasteiger partial charge in [-0.25, -0.2) is 0 Å². The van der Waals surface area contributed by atoms with Crippen LogP contribution in [0, 0.1) is 0 Å². The zero-order chi connectivity index (χ0) is 15.4. The molecule has 0 radical (unpaired) electrons. The normalized spacial score (nSPS) is 19.3. The van der Waals surface area contributed by atoms with E-state index < -0.39 is 6.04 Å². The molecule has 7 heteroatoms. The first-order valence-electron chi connectivity index (χ1n) is 6.75. The van der Waals surface area contributed by atoms with Crippen LogP contribution in [0.5, 0.6) is 0 Å². The molecular formula is C14H18N4O3. The summed E-state index contributed by atoms with van der Waals surface area (Å²) in [6.07, 6.45) is 0.553. The minimum atomic E-state index is -0.459. The van der Waals surface area contributed by atoms with Gasteiger partial charge in [0.05, 0.1) is 0 Å². The second-order valence-electron chi connectivity index (χ2n) is 4.78. The number of amidine groups is 1. The van der Waals surface area contributed by atoms with Crippen molar-refractivity contribution in [3.8, 4) is 0 Å². The highest BCUT2D eigenvalue weighted by Gasteiger charge is 2.32. The molecule has 0 aromatic heterocycles. The van der Waals surface area contributed by atoms with Crippen molar-refractivity contribution in [3.05, 3.63) is 35.4 Å². The quantitative estimate of drug-likeness (QED) is 0.318. The van der Waals surface area contributed by atoms with Crippen molar-refractivity contribution in [1.29, 1.82) is 0 Å². The molecule has 1 aliphatic rings. The molecule has 1 saturated heterocycles. The smallest absolute Gasteiger partial charge is 0.254 e. The summed E-state index contributed by atoms with van der Waals surface area (Å²) in [5.74, 6) is -0.429. The number of amides is 2. The van der Waals surface area contributed by atoms with Crippen LogP contribution in [0.1, 0.15) is 29.3 Å². The molecule has 0 bridgehead atoms. The Kier molecular flexibility index (Phi) is 4.42. The number of carbonyl (C=O) groups is 2. The Morgan fingerprint density at radius 3 is 2.90 bits per heavy atom. The Labute approximate surface area is 122 Å². The summed E-state index contributed by atoms with van der Waals surface area (Å²) in [7, 11) is 0. The number of hydrogen-bond donors (Lipinski definition) is 3. The van der Waals surface area contributed by atoms with E-state index in [4.69, 9.17) is 10.9 Å². The average molecular weight is 290 g/mol. The molecule has 112 valence electrons. The highest BCUT2D eigenvalue weighted by molar-refractivity contribution is 6.02. The van der Waals surface area contributed by atoms with E-state index in [9.17, 15) is 9.59 Å². The van der Waals surface area contributed by atoms with Crippen LogP contribution in [0.2, 0.25) is 0 Å². The van der Waals surface area contributed by atoms with Crippen molar-refractivity contribution in [1.82, 2.24) is 10.2 Å². The fourth-order valence-corrected chi connectivity index (χ4v) is 2.40. The van der Waals surface area contributed by atoms with Crippen LogP contribution in [0.15, 0.2) is 29.4 Å². The number of nitrogens with one attached hydrogen (secondary N) is 1. The molecule has 1 aromatic carbocycles. The number of benzene rings is 1. The first-order chi connectivity index (χ1) is 10.1. The van der Waals surface area contributed by atoms with Gasteiger partial charge in [0, 0.05) is 24.2 Å². The van der Waals surface area contributed by atoms with E-state index in [2.05, 4.69) is 10.5 Å². The Balaban J connectivity index is 2.29. The number of carbonyl (C=O) groups excluding carboxylic acids is 2. The maximum atomic E-state index is 12.6. The summed E-state index contributed by atoms with van der Waals surface area (Å²) < 4.78 is 0. The van der Waals surface area contributed by atoms with Gasteiger partial charge in [-0.3, -0.25) is 9.59 Å². The van der Waals surface area contributed by atoms with Crippen LogP contribution >= 0.6 is 0 Å². The molecule has 1 aromatic rings. The molecule has 0 saturated carbocycles. The van der Waals surface area contributed by atoms with Crippen LogP contribution < -0.4 is 11.1 Å². The number of hydrogen-bond acceptors (Lipinski definition) is 4. The van der Waals surface area contributed by atoms with E-state index >= 15 is 0 Å². The lowest BCUT2D eigenvalue weighted by Gasteiger charge is -2.34. The predicted octanol–water partition coefficient (Wildman–Crippen LogP) is 0.132. The van der Waals surface area contributed by atoms with Crippen LogP contribution in [0.4, 0.5) is 0 Å². The fourth-order valence-electron chi connectivity index (χ4n) is 2.40. The van der Waals surface area contributed by atoms with Gasteiger partial charge in [0.25, 0.3) is 5.91 Å². The molecule has 1 atom stereocenters. The predicted molar refractivity (Wildman–Crippen MR) is 77.1 cm³/mol. The summed E-state index contributed by atoms with van der Waals surface area (Å²) in [4.78, 5) is 26.0. The molecule has 1 aliphatic heterocycles. The maximum absolute atomic E-state index is 12.6. The Morgan fingerprint density at radius 2 is 2.24 bits per heavy atom. The molecule has 1 unspecified atom stereocenters. The van der Waals surface area contributed by atoms with Crippen molar-refractivity contribution in [2.45, 2.75) is 19.4 Å². The van der Waals surface area contributed by atoms with Crippen molar-refractivity contribution in [3.63, 3.8) is 0 Å². The summed E-state index contributed by atoms with van der Waals surface area (Å²) in [6, 6.07) is 6.04. The number of piperazine rings is 1. The maximum Gasteiger partial charge on any atom is 0.254 e. The number of nitrogens with two attached hydrogens (primary N) is 1. The van der Waals surface area contributed by atoms with Crippen LogP contribution in [-0.4, -0.2) is 46.9 Å². The molecule has 2 rings (SSSR count). The zero-order valence-corrected chi connectivity index (χ0v) is 11.7. The topological polar surface area (TPSA) is 108 Å². The Bertz CT molecular complexity index is 585. The van der Waals surface area contributed by atoms with Gasteiger partial charge in [0.1, 0.15) is 6.04 Å². The zero-order valence-electron chi connectivity index (χ0n) is 11.7. The summed E-state index contributed by atoms with van der Waals surface area (Å²) in [5, 5.41) is 14.4. The molecule has 1 heterocycles. The SMILES string of the molecule is CCC1C(=O)NCCN1C(=O)c1cccc(C(N)=NO)c1. The van der Waals surface area contributed by atoms with Gasteiger partial charge in [-0.2, -0.15) is 0 Å². The number of oxime groups is 1. The van der Waals surface area contributed by atoms with Crippen LogP contribution in [0.3, 0.4) is 0 Å². The second-order valence-corrected chi connectivity index (χ2v) is 4.78. The molecule has 2 amide bonds. The highest BCUT2D eigenvalue weighted by Crippen LogP contribution is 2.15. The third-order valence-corrected chi connectivity index (χ3v) is 3.49. The molecular weight excluding hydrogens is 272 g/mol. The average Bonchev–Trinajstić information content (AvgIpc) is 2.53. The van der Waals surface area contributed by atoms with Crippen molar-refractivity contribution in [2.75, 3.05) is 13.1 Å². The lowest BCUT2D eigenvalue weighted by atomic mass is 10.1. The van der Waals surface area contributed by atoms with Crippen molar-refractivity contribution in [2.24, 2.45) is 10.9 Å². The minimum Gasteiger partial charge on any atom is -0.409 e. The largest absolute Gasteiger partial charge is 0.409 e. The summed E-state index contributed by atoms with van der Waals surface area (Å²) in [5.41, 5.74) is 6.39. The monoisotopic (exact) mass is 290 g/mol. The standard InChI is InChI=1S/C14H18N4O3/c1-2-11-13(19)16-6-7-18(11)14(20)10-5-3-4-9(8-10)12(15)17-21/h3-5,8,11,21H,2,6-7H2,1H3,(H2,15,17)(H,16,19). The van der Waals surface area contributed by atoms with Crippen LogP contribution in [0.25, 0.3) is 0 Å². The lowest BCUT2D eigenvalue weighted by molar-refractivity contribution is -0.127. The van der Waals surface area contributed by atoms with E-state index in [1.54, 1.807) is 29.2 Å². The van der Waals surface area contributed by atoms with Gasteiger partial charge in [0.15, 0.2) is 5.84 Å². The van der Waals surface area contributed by atoms with E-state index in [1.165, 1.54) is 0 Å². The first kappa shape index (κ1) is 14.8. The first-order valence-corrected chi connectivity index (χ1v) is 6.75. The highest BCUT2D eigenvalue weighted by atomic mass is 16.4. The van der Waals surface area contributed by atoms with Gasteiger partial charge in [0.2, 0.25) is 5.91 Å². The lowest BCUT2D eigenvalue weighted by Crippen LogP contribution is -2.56. The van der Waals surface area contributed by atoms with Gasteiger partial charge >= 0.3 is 0 Å².